The van der Waals surface area contributed by atoms with Gasteiger partial charge in [0.2, 0.25) is 0 Å². The molecule has 3 aromatic rings. The van der Waals surface area contributed by atoms with E-state index < -0.39 is 18.1 Å². The van der Waals surface area contributed by atoms with Crippen molar-refractivity contribution in [1.29, 1.82) is 0 Å². The first-order valence-corrected chi connectivity index (χ1v) is 11.0. The van der Waals surface area contributed by atoms with Crippen LogP contribution in [0, 0.1) is 12.3 Å². The number of halogens is 3. The highest BCUT2D eigenvalue weighted by atomic mass is 19.4. The van der Waals surface area contributed by atoms with Gasteiger partial charge in [-0.2, -0.15) is 5.10 Å². The number of hydrogen-bond acceptors (Lipinski definition) is 5. The van der Waals surface area contributed by atoms with E-state index in [2.05, 4.69) is 20.1 Å². The molecule has 1 aliphatic carbocycles. The van der Waals surface area contributed by atoms with Crippen LogP contribution in [0.25, 0.3) is 5.52 Å². The maximum Gasteiger partial charge on any atom is 0.573 e. The lowest BCUT2D eigenvalue weighted by molar-refractivity contribution is -0.274. The highest BCUT2D eigenvalue weighted by molar-refractivity contribution is 6.01. The van der Waals surface area contributed by atoms with E-state index in [0.717, 1.165) is 18.9 Å². The highest BCUT2D eigenvalue weighted by Crippen LogP contribution is 2.50. The first-order chi connectivity index (χ1) is 16.5. The molecule has 5 rings (SSSR count). The molecule has 0 radical (unpaired) electrons. The van der Waals surface area contributed by atoms with Gasteiger partial charge in [-0.05, 0) is 31.4 Å². The van der Waals surface area contributed by atoms with Crippen LogP contribution in [0.5, 0.6) is 5.75 Å². The maximum atomic E-state index is 12.9. The molecule has 3 amide bonds. The van der Waals surface area contributed by atoms with Gasteiger partial charge in [0.25, 0.3) is 5.91 Å². The fourth-order valence-corrected chi connectivity index (χ4v) is 4.85. The van der Waals surface area contributed by atoms with Crippen LogP contribution in [0.2, 0.25) is 0 Å². The molecule has 9 nitrogen and oxygen atoms in total. The van der Waals surface area contributed by atoms with E-state index in [-0.39, 0.29) is 23.1 Å². The summed E-state index contributed by atoms with van der Waals surface area (Å²) in [4.78, 5) is 33.0. The number of nitrogens with one attached hydrogen (secondary N) is 1. The molecule has 1 N–H and O–H groups in total. The summed E-state index contributed by atoms with van der Waals surface area (Å²) in [5.74, 6) is -0.491. The number of alkyl halides is 3. The van der Waals surface area contributed by atoms with Crippen LogP contribution >= 0.6 is 0 Å². The van der Waals surface area contributed by atoms with Crippen molar-refractivity contribution in [3.8, 4) is 5.75 Å². The number of nitrogens with zero attached hydrogens (tertiary/aromatic N) is 5. The molecule has 1 aromatic carbocycles. The monoisotopic (exact) mass is 488 g/mol. The molecular formula is C23H23F3N6O3. The number of carbonyl (C=O) groups excluding carboxylic acids is 2. The van der Waals surface area contributed by atoms with Crippen molar-refractivity contribution < 1.29 is 27.5 Å². The third kappa shape index (κ3) is 4.35. The molecule has 1 saturated heterocycles. The van der Waals surface area contributed by atoms with E-state index in [1.54, 1.807) is 53.1 Å². The lowest BCUT2D eigenvalue weighted by atomic mass is 9.60. The number of carbonyl (C=O) groups is 2. The van der Waals surface area contributed by atoms with Gasteiger partial charge in [0.1, 0.15) is 5.75 Å². The number of rotatable bonds is 4. The van der Waals surface area contributed by atoms with E-state index >= 15 is 0 Å². The Balaban J connectivity index is 1.15. The third-order valence-corrected chi connectivity index (χ3v) is 6.78. The molecule has 1 spiro atoms. The molecule has 1 saturated carbocycles. The van der Waals surface area contributed by atoms with Crippen molar-refractivity contribution in [2.24, 2.45) is 5.41 Å². The number of likely N-dealkylation sites (tertiary alicyclic amines) is 1. The number of ether oxygens (including phenoxy) is 1. The standard InChI is InChI=1S/C23H23F3N6O3/c1-14-3-4-16(35-23(24,25)26)7-18(14)29-21(34)30(2)15-8-22(9-15)12-31(13-22)20(33)17-10-28-32-6-5-27-11-19(17)32/h3-7,10-11,15H,8-9,12-13H2,1-2H3,(H,29,34). The van der Waals surface area contributed by atoms with Crippen LogP contribution in [-0.4, -0.2) is 68.9 Å². The van der Waals surface area contributed by atoms with E-state index in [9.17, 15) is 22.8 Å². The normalized spacial score (nSPS) is 17.1. The first-order valence-electron chi connectivity index (χ1n) is 11.0. The maximum absolute atomic E-state index is 12.9. The summed E-state index contributed by atoms with van der Waals surface area (Å²) in [6.07, 6.45) is 3.11. The van der Waals surface area contributed by atoms with Crippen molar-refractivity contribution in [1.82, 2.24) is 24.4 Å². The number of benzene rings is 1. The van der Waals surface area contributed by atoms with Crippen molar-refractivity contribution in [3.63, 3.8) is 0 Å². The number of anilines is 1. The Morgan fingerprint density at radius 1 is 1.23 bits per heavy atom. The Morgan fingerprint density at radius 3 is 2.69 bits per heavy atom. The molecule has 2 fully saturated rings. The van der Waals surface area contributed by atoms with Gasteiger partial charge in [-0.1, -0.05) is 6.07 Å². The summed E-state index contributed by atoms with van der Waals surface area (Å²) in [7, 11) is 1.66. The summed E-state index contributed by atoms with van der Waals surface area (Å²) in [6.45, 7) is 2.89. The Kier molecular flexibility index (Phi) is 5.33. The number of aryl methyl sites for hydroxylation is 1. The SMILES string of the molecule is Cc1ccc(OC(F)(F)F)cc1NC(=O)N(C)C1CC2(C1)CN(C(=O)c1cnn3ccncc13)C2. The van der Waals surface area contributed by atoms with E-state index in [1.807, 2.05) is 0 Å². The number of aromatic nitrogens is 3. The Labute approximate surface area is 198 Å². The Bertz CT molecular complexity index is 1290. The van der Waals surface area contributed by atoms with E-state index in [1.165, 1.54) is 12.1 Å². The van der Waals surface area contributed by atoms with Crippen molar-refractivity contribution in [2.45, 2.75) is 32.2 Å². The minimum Gasteiger partial charge on any atom is -0.406 e. The van der Waals surface area contributed by atoms with Crippen molar-refractivity contribution >= 4 is 23.1 Å². The van der Waals surface area contributed by atoms with E-state index in [4.69, 9.17) is 0 Å². The summed E-state index contributed by atoms with van der Waals surface area (Å²) in [5.41, 5.74) is 2.00. The van der Waals surface area contributed by atoms with Crippen molar-refractivity contribution in [3.05, 3.63) is 54.1 Å². The highest BCUT2D eigenvalue weighted by Gasteiger charge is 2.55. The fourth-order valence-electron chi connectivity index (χ4n) is 4.85. The predicted octanol–water partition coefficient (Wildman–Crippen LogP) is 3.70. The third-order valence-electron chi connectivity index (χ3n) is 6.78. The van der Waals surface area contributed by atoms with Gasteiger partial charge in [-0.15, -0.1) is 13.2 Å². The van der Waals surface area contributed by atoms with Gasteiger partial charge in [0.05, 0.1) is 23.5 Å². The molecule has 2 aromatic heterocycles. The number of hydrogen-bond donors (Lipinski definition) is 1. The summed E-state index contributed by atoms with van der Waals surface area (Å²) in [6, 6.07) is 3.37. The van der Waals surface area contributed by atoms with Gasteiger partial charge in [-0.25, -0.2) is 9.31 Å². The van der Waals surface area contributed by atoms with Gasteiger partial charge < -0.3 is 19.9 Å². The minimum atomic E-state index is -4.81. The number of fused-ring (bicyclic) bond motifs is 1. The molecule has 0 bridgehead atoms. The fraction of sp³-hybridized carbons (Fsp3) is 0.391. The Morgan fingerprint density at radius 2 is 1.97 bits per heavy atom. The smallest absolute Gasteiger partial charge is 0.406 e. The number of urea groups is 1. The predicted molar refractivity (Wildman–Crippen MR) is 119 cm³/mol. The molecule has 0 unspecified atom stereocenters. The quantitative estimate of drug-likeness (QED) is 0.605. The lowest BCUT2D eigenvalue weighted by Crippen LogP contribution is -2.67. The molecule has 1 aliphatic heterocycles. The van der Waals surface area contributed by atoms with Crippen LogP contribution in [-0.2, 0) is 0 Å². The largest absolute Gasteiger partial charge is 0.573 e. The summed E-state index contributed by atoms with van der Waals surface area (Å²) < 4.78 is 43.1. The van der Waals surface area contributed by atoms with Gasteiger partial charge in [0.15, 0.2) is 0 Å². The van der Waals surface area contributed by atoms with Crippen LogP contribution in [0.4, 0.5) is 23.7 Å². The Hall–Kier alpha value is -3.83. The lowest BCUT2D eigenvalue weighted by Gasteiger charge is -2.60. The van der Waals surface area contributed by atoms with Gasteiger partial charge >= 0.3 is 12.4 Å². The molecule has 3 heterocycles. The van der Waals surface area contributed by atoms with Crippen LogP contribution < -0.4 is 10.1 Å². The molecule has 0 atom stereocenters. The molecule has 35 heavy (non-hydrogen) atoms. The second-order valence-corrected chi connectivity index (χ2v) is 9.25. The minimum absolute atomic E-state index is 0.0214. The van der Waals surface area contributed by atoms with Crippen LogP contribution in [0.15, 0.2) is 43.0 Å². The van der Waals surface area contributed by atoms with Crippen molar-refractivity contribution in [2.75, 3.05) is 25.5 Å². The number of amides is 3. The van der Waals surface area contributed by atoms with Crippen LogP contribution in [0.1, 0.15) is 28.8 Å². The molecule has 184 valence electrons. The first kappa shape index (κ1) is 22.9. The zero-order valence-electron chi connectivity index (χ0n) is 19.0. The van der Waals surface area contributed by atoms with Crippen LogP contribution in [0.3, 0.4) is 0 Å². The molecule has 12 heteroatoms. The van der Waals surface area contributed by atoms with Gasteiger partial charge in [0, 0.05) is 55.7 Å². The average Bonchev–Trinajstić information content (AvgIpc) is 3.17. The second-order valence-electron chi connectivity index (χ2n) is 9.25. The van der Waals surface area contributed by atoms with Gasteiger partial charge in [-0.3, -0.25) is 9.78 Å². The molecule has 2 aliphatic rings. The zero-order chi connectivity index (χ0) is 25.0. The topological polar surface area (TPSA) is 92.1 Å². The molecular weight excluding hydrogens is 465 g/mol. The average molecular weight is 488 g/mol. The van der Waals surface area contributed by atoms with E-state index in [0.29, 0.717) is 29.7 Å². The second kappa shape index (κ2) is 8.14. The zero-order valence-corrected chi connectivity index (χ0v) is 19.0. The summed E-state index contributed by atoms with van der Waals surface area (Å²) in [5, 5.41) is 6.85. The summed E-state index contributed by atoms with van der Waals surface area (Å²) >= 11 is 0.